The molecule has 0 saturated carbocycles. The maximum Gasteiger partial charge on any atom is 0.193 e. The van der Waals surface area contributed by atoms with Gasteiger partial charge in [0.2, 0.25) is 0 Å². The summed E-state index contributed by atoms with van der Waals surface area (Å²) in [5, 5.41) is 3.96. The number of benzene rings is 1. The molecule has 118 valence electrons. The fourth-order valence-corrected chi connectivity index (χ4v) is 2.38. The van der Waals surface area contributed by atoms with E-state index in [1.165, 1.54) is 0 Å². The highest BCUT2D eigenvalue weighted by molar-refractivity contribution is 6.08. The number of carbonyl (C=O) groups excluding carboxylic acids is 1. The molecule has 3 aromatic rings. The van der Waals surface area contributed by atoms with Crippen LogP contribution in [0.5, 0.6) is 0 Å². The van der Waals surface area contributed by atoms with Crippen LogP contribution in [0.1, 0.15) is 32.9 Å². The van der Waals surface area contributed by atoms with Crippen molar-refractivity contribution < 1.29 is 26.3 Å². The van der Waals surface area contributed by atoms with Crippen LogP contribution in [0.4, 0.5) is 0 Å². The van der Waals surface area contributed by atoms with Crippen LogP contribution < -0.4 is 17.0 Å². The predicted molar refractivity (Wildman–Crippen MR) is 81.6 cm³/mol. The molecule has 0 amide bonds. The lowest BCUT2D eigenvalue weighted by molar-refractivity contribution is -0.688. The normalized spacial score (nSPS) is 10.2. The van der Waals surface area contributed by atoms with E-state index in [0.29, 0.717) is 17.7 Å². The lowest BCUT2D eigenvalue weighted by Gasteiger charge is -2.01. The molecule has 2 aromatic heterocycles. The molecular weight excluding hydrogens is 312 g/mol. The number of aryl methyl sites for hydroxylation is 2. The van der Waals surface area contributed by atoms with Crippen molar-refractivity contribution in [3.05, 3.63) is 83.0 Å². The topological polar surface area (TPSA) is 47.0 Å². The van der Waals surface area contributed by atoms with Crippen LogP contribution in [0.2, 0.25) is 0 Å². The molecule has 23 heavy (non-hydrogen) atoms. The molecule has 0 aliphatic carbocycles. The second kappa shape index (κ2) is 7.20. The summed E-state index contributed by atoms with van der Waals surface area (Å²) in [5.41, 5.74) is 3.36. The number of pyridine rings is 1. The quantitative estimate of drug-likeness (QED) is 0.495. The number of rotatable bonds is 4. The van der Waals surface area contributed by atoms with Crippen LogP contribution in [-0.2, 0) is 6.54 Å². The summed E-state index contributed by atoms with van der Waals surface area (Å²) >= 11 is 0. The monoisotopic (exact) mass is 328 g/mol. The number of carbonyl (C=O) groups is 1. The molecule has 2 heterocycles. The molecule has 0 N–H and O–H groups in total. The largest absolute Gasteiger partial charge is 1.00 e. The van der Waals surface area contributed by atoms with Gasteiger partial charge in [-0.1, -0.05) is 35.5 Å². The number of halogens is 1. The molecule has 3 rings (SSSR count). The second-order valence-corrected chi connectivity index (χ2v) is 5.26. The van der Waals surface area contributed by atoms with Gasteiger partial charge >= 0.3 is 0 Å². The van der Waals surface area contributed by atoms with Crippen molar-refractivity contribution in [1.82, 2.24) is 5.16 Å². The van der Waals surface area contributed by atoms with Gasteiger partial charge in [-0.25, -0.2) is 4.57 Å². The number of nitrogens with zero attached hydrogens (tertiary/aromatic N) is 2. The average Bonchev–Trinajstić information content (AvgIpc) is 2.88. The van der Waals surface area contributed by atoms with Gasteiger partial charge in [0.15, 0.2) is 24.7 Å². The van der Waals surface area contributed by atoms with E-state index < -0.39 is 0 Å². The lowest BCUT2D eigenvalue weighted by atomic mass is 10.0. The van der Waals surface area contributed by atoms with Crippen LogP contribution in [0.15, 0.2) is 59.4 Å². The van der Waals surface area contributed by atoms with E-state index >= 15 is 0 Å². The van der Waals surface area contributed by atoms with Crippen LogP contribution in [-0.4, -0.2) is 10.9 Å². The molecule has 0 aliphatic heterocycles. The molecule has 0 unspecified atom stereocenters. The van der Waals surface area contributed by atoms with Crippen LogP contribution in [0.3, 0.4) is 0 Å². The first-order chi connectivity index (χ1) is 10.6. The Labute approximate surface area is 141 Å². The van der Waals surface area contributed by atoms with Crippen LogP contribution in [0.25, 0.3) is 0 Å². The Hall–Kier alpha value is -2.46. The van der Waals surface area contributed by atoms with Crippen molar-refractivity contribution in [3.63, 3.8) is 0 Å². The van der Waals surface area contributed by atoms with E-state index in [9.17, 15) is 4.79 Å². The Morgan fingerprint density at radius 2 is 1.65 bits per heavy atom. The maximum absolute atomic E-state index is 12.3. The predicted octanol–water partition coefficient (Wildman–Crippen LogP) is -0.138. The number of ketones is 1. The summed E-state index contributed by atoms with van der Waals surface area (Å²) in [5.74, 6) is 0.861. The Balaban J connectivity index is 0.00000192. The third-order valence-electron chi connectivity index (χ3n) is 3.71. The minimum atomic E-state index is 0. The second-order valence-electron chi connectivity index (χ2n) is 5.26. The third-order valence-corrected chi connectivity index (χ3v) is 3.71. The molecule has 0 radical (unpaired) electrons. The smallest absolute Gasteiger partial charge is 0.193 e. The number of hydrogen-bond acceptors (Lipinski definition) is 3. The SMILES string of the molecule is Cc1noc(C)c1C[n+]1ccc(C(=O)c2ccccc2)cc1.[Cl-]. The Kier molecular flexibility index (Phi) is 5.29. The van der Waals surface area contributed by atoms with Crippen LogP contribution in [0, 0.1) is 13.8 Å². The van der Waals surface area contributed by atoms with Gasteiger partial charge in [0.1, 0.15) is 5.76 Å². The van der Waals surface area contributed by atoms with E-state index in [-0.39, 0.29) is 18.2 Å². The van der Waals surface area contributed by atoms with Gasteiger partial charge in [-0.2, -0.15) is 0 Å². The standard InChI is InChI=1S/C18H17N2O2.ClH/c1-13-17(14(2)22-19-13)12-20-10-8-16(9-11-20)18(21)15-6-4-3-5-7-15;/h3-11H,12H2,1-2H3;1H/q+1;/p-1. The average molecular weight is 329 g/mol. The molecule has 4 nitrogen and oxygen atoms in total. The van der Waals surface area contributed by atoms with Crippen molar-refractivity contribution in [2.75, 3.05) is 0 Å². The maximum atomic E-state index is 12.3. The van der Waals surface area contributed by atoms with Gasteiger partial charge in [-0.15, -0.1) is 0 Å². The number of aromatic nitrogens is 2. The minimum Gasteiger partial charge on any atom is -1.00 e. The zero-order valence-electron chi connectivity index (χ0n) is 13.0. The first-order valence-corrected chi connectivity index (χ1v) is 7.16. The Bertz CT molecular complexity index is 776. The van der Waals surface area contributed by atoms with Crippen molar-refractivity contribution in [2.24, 2.45) is 0 Å². The molecule has 0 spiro atoms. The van der Waals surface area contributed by atoms with Gasteiger partial charge in [-0.05, 0) is 13.8 Å². The fraction of sp³-hybridized carbons (Fsp3) is 0.167. The van der Waals surface area contributed by atoms with Crippen LogP contribution >= 0.6 is 0 Å². The summed E-state index contributed by atoms with van der Waals surface area (Å²) in [6.07, 6.45) is 3.81. The van der Waals surface area contributed by atoms with Gasteiger partial charge in [0.05, 0.1) is 11.3 Å². The molecule has 5 heteroatoms. The summed E-state index contributed by atoms with van der Waals surface area (Å²) in [7, 11) is 0. The molecule has 0 atom stereocenters. The van der Waals surface area contributed by atoms with Crippen molar-refractivity contribution in [1.29, 1.82) is 0 Å². The molecule has 0 bridgehead atoms. The van der Waals surface area contributed by atoms with Crippen molar-refractivity contribution in [3.8, 4) is 0 Å². The summed E-state index contributed by atoms with van der Waals surface area (Å²) in [6.45, 7) is 4.52. The van der Waals surface area contributed by atoms with Gasteiger partial charge in [0, 0.05) is 23.3 Å². The minimum absolute atomic E-state index is 0. The van der Waals surface area contributed by atoms with E-state index in [2.05, 4.69) is 5.16 Å². The molecule has 0 fully saturated rings. The fourth-order valence-electron chi connectivity index (χ4n) is 2.38. The molecule has 1 aromatic carbocycles. The van der Waals surface area contributed by atoms with Gasteiger partial charge in [-0.3, -0.25) is 4.79 Å². The molecule has 0 saturated heterocycles. The summed E-state index contributed by atoms with van der Waals surface area (Å²) < 4.78 is 7.18. The molecule has 0 aliphatic rings. The van der Waals surface area contributed by atoms with Gasteiger partial charge in [0.25, 0.3) is 0 Å². The van der Waals surface area contributed by atoms with E-state index in [1.807, 2.05) is 73.3 Å². The first-order valence-electron chi connectivity index (χ1n) is 7.16. The number of hydrogen-bond donors (Lipinski definition) is 0. The summed E-state index contributed by atoms with van der Waals surface area (Å²) in [6, 6.07) is 13.0. The highest BCUT2D eigenvalue weighted by Gasteiger charge is 2.15. The van der Waals surface area contributed by atoms with E-state index in [0.717, 1.165) is 17.0 Å². The van der Waals surface area contributed by atoms with Crippen molar-refractivity contribution >= 4 is 5.78 Å². The zero-order chi connectivity index (χ0) is 15.5. The van der Waals surface area contributed by atoms with Crippen molar-refractivity contribution in [2.45, 2.75) is 20.4 Å². The Morgan fingerprint density at radius 1 is 1.04 bits per heavy atom. The van der Waals surface area contributed by atoms with Gasteiger partial charge < -0.3 is 16.9 Å². The lowest BCUT2D eigenvalue weighted by Crippen LogP contribution is -3.00. The van der Waals surface area contributed by atoms with E-state index in [1.54, 1.807) is 0 Å². The zero-order valence-corrected chi connectivity index (χ0v) is 13.7. The first kappa shape index (κ1) is 16.9. The summed E-state index contributed by atoms with van der Waals surface area (Å²) in [4.78, 5) is 12.3. The van der Waals surface area contributed by atoms with E-state index in [4.69, 9.17) is 4.52 Å². The third kappa shape index (κ3) is 3.66. The highest BCUT2D eigenvalue weighted by Crippen LogP contribution is 2.12. The highest BCUT2D eigenvalue weighted by atomic mass is 35.5. The molecular formula is C18H17ClN2O2. The Morgan fingerprint density at radius 3 is 2.22 bits per heavy atom.